The van der Waals surface area contributed by atoms with Crippen molar-refractivity contribution < 1.29 is 96.6 Å². The molecule has 0 aromatic heterocycles. The summed E-state index contributed by atoms with van der Waals surface area (Å²) in [6, 6.07) is 0. The van der Waals surface area contributed by atoms with Crippen LogP contribution in [0.15, 0.2) is 0 Å². The number of alkyl halides is 21. The second-order valence-electron chi connectivity index (χ2n) is 7.38. The fourth-order valence-corrected chi connectivity index (χ4v) is 3.23. The van der Waals surface area contributed by atoms with E-state index in [4.69, 9.17) is 0 Å². The van der Waals surface area contributed by atoms with Crippen LogP contribution < -0.4 is 0 Å². The Morgan fingerprint density at radius 3 is 0.750 bits per heavy atom. The highest BCUT2D eigenvalue weighted by atomic mass is 28.4. The van der Waals surface area contributed by atoms with Gasteiger partial charge in [0.1, 0.15) is 0 Å². The smallest absolute Gasteiger partial charge is 0.413 e. The lowest BCUT2D eigenvalue weighted by molar-refractivity contribution is -0.472. The largest absolute Gasteiger partial charge is 0.460 e. The molecule has 0 amide bonds. The topological polar surface area (TPSA) is 9.23 Å². The maximum Gasteiger partial charge on any atom is 0.460 e. The van der Waals surface area contributed by atoms with Crippen LogP contribution in [0.3, 0.4) is 0 Å². The average Bonchev–Trinajstić information content (AvgIpc) is 2.65. The van der Waals surface area contributed by atoms with E-state index < -0.39 is 67.4 Å². The third kappa shape index (κ3) is 3.91. The van der Waals surface area contributed by atoms with Crippen molar-refractivity contribution in [2.75, 3.05) is 7.11 Å². The van der Waals surface area contributed by atoms with Gasteiger partial charge in [0.25, 0.3) is 8.32 Å². The van der Waals surface area contributed by atoms with E-state index in [1.807, 2.05) is 0 Å². The Bertz CT molecular complexity index is 809. The average molecular weight is 608 g/mol. The Hall–Kier alpha value is -1.29. The van der Waals surface area contributed by atoms with E-state index in [2.05, 4.69) is 4.43 Å². The van der Waals surface area contributed by atoms with Crippen LogP contribution in [0, 0.1) is 0 Å². The first kappa shape index (κ1) is 34.7. The summed E-state index contributed by atoms with van der Waals surface area (Å²) in [6.45, 7) is -0.314. The normalized spacial score (nSPS) is 17.0. The van der Waals surface area contributed by atoms with Gasteiger partial charge >= 0.3 is 59.1 Å². The van der Waals surface area contributed by atoms with E-state index in [1.54, 1.807) is 0 Å². The van der Waals surface area contributed by atoms with Crippen molar-refractivity contribution in [1.29, 1.82) is 0 Å². The first-order chi connectivity index (χ1) is 15.1. The van der Waals surface area contributed by atoms with Gasteiger partial charge in [-0.3, -0.25) is 0 Å². The Morgan fingerprint density at radius 2 is 0.556 bits per heavy atom. The molecule has 218 valence electrons. The number of hydrogen-bond donors (Lipinski definition) is 0. The Balaban J connectivity index is 7.18. The molecular weight excluding hydrogens is 599 g/mol. The summed E-state index contributed by atoms with van der Waals surface area (Å²) in [5, 5.41) is 0. The molecule has 0 aromatic rings. The van der Waals surface area contributed by atoms with E-state index in [-0.39, 0.29) is 20.2 Å². The molecule has 0 heterocycles. The monoisotopic (exact) mass is 608 g/mol. The summed E-state index contributed by atoms with van der Waals surface area (Å²) in [6.07, 6.45) is -8.00. The summed E-state index contributed by atoms with van der Waals surface area (Å²) in [7, 11) is -5.70. The van der Waals surface area contributed by atoms with Crippen molar-refractivity contribution in [1.82, 2.24) is 0 Å². The van der Waals surface area contributed by atoms with E-state index >= 15 is 0 Å². The number of halogens is 21. The van der Waals surface area contributed by atoms with Gasteiger partial charge in [-0.2, -0.15) is 83.4 Å². The lowest BCUT2D eigenvalue weighted by atomic mass is 9.87. The predicted octanol–water partition coefficient (Wildman–Crippen LogP) is 7.66. The molecule has 0 radical (unpaired) electrons. The van der Waals surface area contributed by atoms with Gasteiger partial charge in [0.15, 0.2) is 0 Å². The van der Waals surface area contributed by atoms with Crippen LogP contribution in [0.2, 0.25) is 13.1 Å². The zero-order chi connectivity index (χ0) is 30.2. The highest BCUT2D eigenvalue weighted by Crippen LogP contribution is 2.66. The summed E-state index contributed by atoms with van der Waals surface area (Å²) in [5.74, 6) is -70.2. The molecule has 0 unspecified atom stereocenters. The van der Waals surface area contributed by atoms with E-state index in [1.165, 1.54) is 0 Å². The summed E-state index contributed by atoms with van der Waals surface area (Å²) < 4.78 is 282. The maximum absolute atomic E-state index is 13.8. The molecule has 36 heavy (non-hydrogen) atoms. The van der Waals surface area contributed by atoms with Gasteiger partial charge in [-0.05, 0) is 13.1 Å². The van der Waals surface area contributed by atoms with Gasteiger partial charge < -0.3 is 4.43 Å². The van der Waals surface area contributed by atoms with Crippen molar-refractivity contribution in [2.45, 2.75) is 72.2 Å². The summed E-state index contributed by atoms with van der Waals surface area (Å²) in [4.78, 5) is 0. The van der Waals surface area contributed by atoms with Gasteiger partial charge in [-0.15, -0.1) is 0 Å². The zero-order valence-corrected chi connectivity index (χ0v) is 17.8. The molecule has 0 rings (SSSR count). The van der Waals surface area contributed by atoms with Crippen molar-refractivity contribution >= 4 is 8.32 Å². The minimum absolute atomic E-state index is 0.0682. The molecular formula is C13H9F21OSi. The first-order valence-electron chi connectivity index (χ1n) is 8.08. The van der Waals surface area contributed by atoms with Crippen molar-refractivity contribution in [3.8, 4) is 0 Å². The van der Waals surface area contributed by atoms with Crippen LogP contribution in [-0.4, -0.2) is 74.5 Å². The Labute approximate surface area is 185 Å². The third-order valence-electron chi connectivity index (χ3n) is 4.78. The SMILES string of the molecule is CO[Si](C)(C)C(F)(F)C(F)(F)C(F)(F)C(F)(F)C(F)(F)C(F)(F)C(F)(F)C(F)(F)C(F)(F)C(F)(F)F. The maximum atomic E-state index is 13.8. The molecule has 1 nitrogen and oxygen atoms in total. The minimum atomic E-state index is -9.16. The minimum Gasteiger partial charge on any atom is -0.413 e. The van der Waals surface area contributed by atoms with Crippen LogP contribution in [0.1, 0.15) is 0 Å². The molecule has 0 aliphatic carbocycles. The van der Waals surface area contributed by atoms with E-state index in [9.17, 15) is 92.2 Å². The van der Waals surface area contributed by atoms with Crippen molar-refractivity contribution in [3.05, 3.63) is 0 Å². The van der Waals surface area contributed by atoms with Gasteiger partial charge in [0.05, 0.1) is 0 Å². The molecule has 0 aromatic carbocycles. The van der Waals surface area contributed by atoms with Crippen LogP contribution in [0.5, 0.6) is 0 Å². The quantitative estimate of drug-likeness (QED) is 0.183. The van der Waals surface area contributed by atoms with Crippen LogP contribution in [-0.2, 0) is 4.43 Å². The highest BCUT2D eigenvalue weighted by Gasteiger charge is 2.98. The summed E-state index contributed by atoms with van der Waals surface area (Å²) >= 11 is 0. The molecule has 0 spiro atoms. The van der Waals surface area contributed by atoms with E-state index in [0.29, 0.717) is 0 Å². The molecule has 0 saturated carbocycles. The molecule has 0 N–H and O–H groups in total. The van der Waals surface area contributed by atoms with Gasteiger partial charge in [0, 0.05) is 7.11 Å². The standard InChI is InChI=1S/C13H9F21OSi/c1-35-36(2,3)13(33,34)11(28,29)9(24,25)7(20,21)5(16,17)4(14,15)6(18,19)8(22,23)10(26,27)12(30,31)32/h1-3H3. The number of hydrogen-bond acceptors (Lipinski definition) is 1. The molecule has 0 atom stereocenters. The second kappa shape index (κ2) is 8.35. The van der Waals surface area contributed by atoms with Gasteiger partial charge in [0.2, 0.25) is 0 Å². The van der Waals surface area contributed by atoms with Crippen LogP contribution in [0.4, 0.5) is 92.2 Å². The fraction of sp³-hybridized carbons (Fsp3) is 1.00. The van der Waals surface area contributed by atoms with Crippen molar-refractivity contribution in [3.63, 3.8) is 0 Å². The van der Waals surface area contributed by atoms with Gasteiger partial charge in [-0.25, -0.2) is 8.78 Å². The second-order valence-corrected chi connectivity index (χ2v) is 11.4. The first-order valence-corrected chi connectivity index (χ1v) is 11.0. The molecule has 0 saturated heterocycles. The molecule has 23 heteroatoms. The number of rotatable bonds is 10. The van der Waals surface area contributed by atoms with Gasteiger partial charge in [-0.1, -0.05) is 0 Å². The lowest BCUT2D eigenvalue weighted by Gasteiger charge is -2.45. The third-order valence-corrected chi connectivity index (χ3v) is 7.62. The lowest BCUT2D eigenvalue weighted by Crippen LogP contribution is -2.78. The van der Waals surface area contributed by atoms with E-state index in [0.717, 1.165) is 0 Å². The fourth-order valence-electron chi connectivity index (χ4n) is 2.06. The highest BCUT2D eigenvalue weighted by molar-refractivity contribution is 6.73. The molecule has 0 fully saturated rings. The van der Waals surface area contributed by atoms with Crippen LogP contribution >= 0.6 is 0 Å². The predicted molar refractivity (Wildman–Crippen MR) is 75.1 cm³/mol. The Morgan fingerprint density at radius 1 is 0.361 bits per heavy atom. The molecule has 0 aliphatic rings. The van der Waals surface area contributed by atoms with Crippen LogP contribution in [0.25, 0.3) is 0 Å². The summed E-state index contributed by atoms with van der Waals surface area (Å²) in [5.41, 5.74) is -6.66. The molecule has 0 bridgehead atoms. The Kier molecular flexibility index (Phi) is 8.05. The zero-order valence-electron chi connectivity index (χ0n) is 16.8. The molecule has 0 aliphatic heterocycles. The van der Waals surface area contributed by atoms with Crippen molar-refractivity contribution in [2.24, 2.45) is 0 Å².